The zero-order valence-electron chi connectivity index (χ0n) is 10.7. The predicted octanol–water partition coefficient (Wildman–Crippen LogP) is 5.05. The average Bonchev–Trinajstić information content (AvgIpc) is 2.83. The summed E-state index contributed by atoms with van der Waals surface area (Å²) in [6, 6.07) is 12.8. The molecule has 3 N–H and O–H groups in total. The number of halogens is 3. The van der Waals surface area contributed by atoms with Crippen LogP contribution in [0.2, 0.25) is 10.0 Å². The van der Waals surface area contributed by atoms with Crippen LogP contribution in [0.3, 0.4) is 0 Å². The second-order valence-electron chi connectivity index (χ2n) is 4.61. The third kappa shape index (κ3) is 2.96. The summed E-state index contributed by atoms with van der Waals surface area (Å²) in [4.78, 5) is 0. The number of para-hydroxylation sites is 1. The molecule has 0 fully saturated rings. The van der Waals surface area contributed by atoms with Crippen LogP contribution in [0, 0.1) is 0 Å². The molecule has 3 aromatic rings. The summed E-state index contributed by atoms with van der Waals surface area (Å²) in [7, 11) is 0. The van der Waals surface area contributed by atoms with E-state index in [9.17, 15) is 0 Å². The van der Waals surface area contributed by atoms with Gasteiger partial charge in [0.15, 0.2) is 5.58 Å². The maximum absolute atomic E-state index is 6.14. The molecule has 0 spiro atoms. The molecule has 108 valence electrons. The van der Waals surface area contributed by atoms with E-state index in [1.807, 2.05) is 36.4 Å². The Bertz CT molecular complexity index is 783. The predicted molar refractivity (Wildman–Crippen MR) is 89.5 cm³/mol. The summed E-state index contributed by atoms with van der Waals surface area (Å²) in [5.41, 5.74) is 4.30. The summed E-state index contributed by atoms with van der Waals surface area (Å²) >= 11 is 15.7. The van der Waals surface area contributed by atoms with Crippen molar-refractivity contribution in [3.63, 3.8) is 0 Å². The van der Waals surface area contributed by atoms with Gasteiger partial charge in [-0.25, -0.2) is 5.43 Å². The molecule has 0 saturated carbocycles. The molecule has 21 heavy (non-hydrogen) atoms. The Morgan fingerprint density at radius 3 is 2.62 bits per heavy atom. The number of fused-ring (bicyclic) bond motifs is 1. The van der Waals surface area contributed by atoms with Crippen LogP contribution in [0.15, 0.2) is 51.4 Å². The van der Waals surface area contributed by atoms with Crippen LogP contribution < -0.4 is 11.3 Å². The van der Waals surface area contributed by atoms with E-state index in [-0.39, 0.29) is 6.04 Å². The van der Waals surface area contributed by atoms with E-state index in [1.54, 1.807) is 6.07 Å². The lowest BCUT2D eigenvalue weighted by atomic mass is 10.1. The zero-order valence-corrected chi connectivity index (χ0v) is 13.8. The topological polar surface area (TPSA) is 51.2 Å². The van der Waals surface area contributed by atoms with Crippen LogP contribution in [-0.2, 0) is 0 Å². The second-order valence-corrected chi connectivity index (χ2v) is 6.37. The van der Waals surface area contributed by atoms with Gasteiger partial charge in [0.1, 0.15) is 11.8 Å². The quantitative estimate of drug-likeness (QED) is 0.489. The van der Waals surface area contributed by atoms with Crippen molar-refractivity contribution >= 4 is 50.1 Å². The van der Waals surface area contributed by atoms with Crippen molar-refractivity contribution in [2.24, 2.45) is 5.84 Å². The molecule has 0 radical (unpaired) electrons. The Hall–Kier alpha value is -1.04. The highest BCUT2D eigenvalue weighted by atomic mass is 79.9. The van der Waals surface area contributed by atoms with Crippen molar-refractivity contribution in [1.29, 1.82) is 0 Å². The van der Waals surface area contributed by atoms with E-state index in [1.165, 1.54) is 0 Å². The molecule has 1 unspecified atom stereocenters. The van der Waals surface area contributed by atoms with E-state index in [4.69, 9.17) is 33.5 Å². The summed E-state index contributed by atoms with van der Waals surface area (Å²) in [6.45, 7) is 0. The molecule has 3 rings (SSSR count). The third-order valence-corrected chi connectivity index (χ3v) is 4.16. The molecular weight excluding hydrogens is 375 g/mol. The van der Waals surface area contributed by atoms with Crippen molar-refractivity contribution in [2.45, 2.75) is 6.04 Å². The molecule has 0 aliphatic rings. The molecule has 0 amide bonds. The fourth-order valence-electron chi connectivity index (χ4n) is 2.27. The van der Waals surface area contributed by atoms with Crippen LogP contribution in [0.5, 0.6) is 0 Å². The largest absolute Gasteiger partial charge is 0.457 e. The molecule has 2 aromatic carbocycles. The third-order valence-electron chi connectivity index (χ3n) is 3.18. The molecule has 3 nitrogen and oxygen atoms in total. The van der Waals surface area contributed by atoms with Crippen LogP contribution in [0.4, 0.5) is 0 Å². The lowest BCUT2D eigenvalue weighted by Gasteiger charge is -2.14. The molecule has 1 atom stereocenters. The van der Waals surface area contributed by atoms with Crippen LogP contribution >= 0.6 is 39.1 Å². The van der Waals surface area contributed by atoms with Crippen LogP contribution in [0.1, 0.15) is 17.4 Å². The van der Waals surface area contributed by atoms with Gasteiger partial charge in [0.2, 0.25) is 0 Å². The Morgan fingerprint density at radius 1 is 1.14 bits per heavy atom. The fourth-order valence-corrected chi connectivity index (χ4v) is 3.38. The Balaban J connectivity index is 2.11. The first-order chi connectivity index (χ1) is 10.1. The fraction of sp³-hybridized carbons (Fsp3) is 0.0667. The number of hydrogen-bond donors (Lipinski definition) is 2. The molecule has 1 heterocycles. The molecule has 0 aliphatic heterocycles. The number of furan rings is 1. The Labute approximate surface area is 140 Å². The van der Waals surface area contributed by atoms with Gasteiger partial charge in [-0.2, -0.15) is 0 Å². The smallest absolute Gasteiger partial charge is 0.152 e. The van der Waals surface area contributed by atoms with E-state index < -0.39 is 0 Å². The van der Waals surface area contributed by atoms with Crippen molar-refractivity contribution in [3.8, 4) is 0 Å². The molecular formula is C15H11BrCl2N2O. The Kier molecular flexibility index (Phi) is 4.24. The molecule has 6 heteroatoms. The number of benzene rings is 2. The van der Waals surface area contributed by atoms with Crippen molar-refractivity contribution in [3.05, 3.63) is 68.3 Å². The van der Waals surface area contributed by atoms with Gasteiger partial charge < -0.3 is 4.42 Å². The van der Waals surface area contributed by atoms with Gasteiger partial charge in [-0.05, 0) is 35.9 Å². The minimum atomic E-state index is -0.316. The number of nitrogens with one attached hydrogen (secondary N) is 1. The zero-order chi connectivity index (χ0) is 15.0. The monoisotopic (exact) mass is 384 g/mol. The van der Waals surface area contributed by atoms with Gasteiger partial charge in [0, 0.05) is 14.9 Å². The van der Waals surface area contributed by atoms with Crippen LogP contribution in [0.25, 0.3) is 11.0 Å². The Morgan fingerprint density at radius 2 is 1.95 bits per heavy atom. The van der Waals surface area contributed by atoms with Gasteiger partial charge in [-0.15, -0.1) is 0 Å². The van der Waals surface area contributed by atoms with E-state index in [0.717, 1.165) is 15.4 Å². The first-order valence-corrected chi connectivity index (χ1v) is 7.73. The molecule has 0 aliphatic carbocycles. The van der Waals surface area contributed by atoms with Crippen LogP contribution in [-0.4, -0.2) is 0 Å². The number of hydrazine groups is 1. The normalized spacial score (nSPS) is 12.8. The number of rotatable bonds is 3. The van der Waals surface area contributed by atoms with Gasteiger partial charge in [0.25, 0.3) is 0 Å². The molecule has 0 saturated heterocycles. The first kappa shape index (κ1) is 14.9. The second kappa shape index (κ2) is 5.99. The van der Waals surface area contributed by atoms with E-state index in [2.05, 4.69) is 21.4 Å². The molecule has 0 bridgehead atoms. The summed E-state index contributed by atoms with van der Waals surface area (Å²) < 4.78 is 6.73. The minimum absolute atomic E-state index is 0.316. The van der Waals surface area contributed by atoms with E-state index >= 15 is 0 Å². The standard InChI is InChI=1S/C15H11BrCl2N2O/c16-10-4-9(5-11(17)7-10)14(20-19)13-6-8-2-1-3-12(18)15(8)21-13/h1-7,14,20H,19H2. The minimum Gasteiger partial charge on any atom is -0.457 e. The maximum Gasteiger partial charge on any atom is 0.152 e. The SMILES string of the molecule is NNC(c1cc(Cl)cc(Br)c1)c1cc2cccc(Cl)c2o1. The van der Waals surface area contributed by atoms with Crippen molar-refractivity contribution in [2.75, 3.05) is 0 Å². The number of hydrogen-bond acceptors (Lipinski definition) is 3. The van der Waals surface area contributed by atoms with Gasteiger partial charge in [-0.1, -0.05) is 51.3 Å². The van der Waals surface area contributed by atoms with Crippen molar-refractivity contribution < 1.29 is 4.42 Å². The van der Waals surface area contributed by atoms with Gasteiger partial charge >= 0.3 is 0 Å². The average molecular weight is 386 g/mol. The van der Waals surface area contributed by atoms with Gasteiger partial charge in [-0.3, -0.25) is 5.84 Å². The highest BCUT2D eigenvalue weighted by Gasteiger charge is 2.19. The van der Waals surface area contributed by atoms with Gasteiger partial charge in [0.05, 0.1) is 5.02 Å². The highest BCUT2D eigenvalue weighted by Crippen LogP contribution is 2.33. The maximum atomic E-state index is 6.14. The molecule has 1 aromatic heterocycles. The highest BCUT2D eigenvalue weighted by molar-refractivity contribution is 9.10. The first-order valence-electron chi connectivity index (χ1n) is 6.18. The summed E-state index contributed by atoms with van der Waals surface area (Å²) in [6.07, 6.45) is 0. The number of nitrogens with two attached hydrogens (primary N) is 1. The van der Waals surface area contributed by atoms with E-state index in [0.29, 0.717) is 21.4 Å². The lowest BCUT2D eigenvalue weighted by molar-refractivity contribution is 0.477. The lowest BCUT2D eigenvalue weighted by Crippen LogP contribution is -2.28. The summed E-state index contributed by atoms with van der Waals surface area (Å²) in [5, 5.41) is 2.12. The van der Waals surface area contributed by atoms with Crippen molar-refractivity contribution in [1.82, 2.24) is 5.43 Å². The summed E-state index contributed by atoms with van der Waals surface area (Å²) in [5.74, 6) is 6.37.